The van der Waals surface area contributed by atoms with Crippen LogP contribution in [0.3, 0.4) is 0 Å². The number of hydrogen-bond acceptors (Lipinski definition) is 5. The number of nitrogens with one attached hydrogen (secondary N) is 1. The second-order valence-electron chi connectivity index (χ2n) is 4.97. The zero-order valence-corrected chi connectivity index (χ0v) is 12.6. The van der Waals surface area contributed by atoms with Gasteiger partial charge in [-0.05, 0) is 30.7 Å². The fourth-order valence-electron chi connectivity index (χ4n) is 2.35. The summed E-state index contributed by atoms with van der Waals surface area (Å²) in [6.07, 6.45) is 6.21. The molecule has 3 aromatic heterocycles. The van der Waals surface area contributed by atoms with Crippen LogP contribution in [0.2, 0.25) is 0 Å². The molecule has 0 aromatic carbocycles. The predicted octanol–water partition coefficient (Wildman–Crippen LogP) is 2.84. The summed E-state index contributed by atoms with van der Waals surface area (Å²) in [7, 11) is 1.94. The van der Waals surface area contributed by atoms with Gasteiger partial charge in [-0.2, -0.15) is 5.10 Å². The van der Waals surface area contributed by atoms with Crippen LogP contribution in [0.4, 0.5) is 5.95 Å². The lowest BCUT2D eigenvalue weighted by Crippen LogP contribution is -2.15. The highest BCUT2D eigenvalue weighted by atomic mass is 15.3. The molecule has 0 bridgehead atoms. The van der Waals surface area contributed by atoms with Gasteiger partial charge in [0.25, 0.3) is 0 Å². The Morgan fingerprint density at radius 1 is 1.05 bits per heavy atom. The molecule has 3 heterocycles. The average molecular weight is 294 g/mol. The largest absolute Gasteiger partial charge is 0.346 e. The van der Waals surface area contributed by atoms with Gasteiger partial charge in [-0.15, -0.1) is 0 Å². The molecular weight excluding hydrogens is 276 g/mol. The highest BCUT2D eigenvalue weighted by Crippen LogP contribution is 2.21. The molecule has 0 radical (unpaired) electrons. The SMILES string of the molecule is CC[C@H](Nc1nccc(-c2ccccn2)n1)c1ccnn1C. The summed E-state index contributed by atoms with van der Waals surface area (Å²) in [4.78, 5) is 13.2. The van der Waals surface area contributed by atoms with Gasteiger partial charge in [-0.25, -0.2) is 9.97 Å². The lowest BCUT2D eigenvalue weighted by molar-refractivity contribution is 0.630. The first kappa shape index (κ1) is 14.2. The Morgan fingerprint density at radius 2 is 1.95 bits per heavy atom. The van der Waals surface area contributed by atoms with Crippen molar-refractivity contribution < 1.29 is 0 Å². The maximum Gasteiger partial charge on any atom is 0.223 e. The summed E-state index contributed by atoms with van der Waals surface area (Å²) in [6.45, 7) is 2.12. The maximum absolute atomic E-state index is 4.56. The molecule has 1 N–H and O–H groups in total. The summed E-state index contributed by atoms with van der Waals surface area (Å²) in [6, 6.07) is 9.75. The van der Waals surface area contributed by atoms with Crippen LogP contribution >= 0.6 is 0 Å². The molecule has 0 aliphatic heterocycles. The normalized spacial score (nSPS) is 12.1. The van der Waals surface area contributed by atoms with E-state index in [-0.39, 0.29) is 6.04 Å². The first-order valence-electron chi connectivity index (χ1n) is 7.27. The predicted molar refractivity (Wildman–Crippen MR) is 85.1 cm³/mol. The summed E-state index contributed by atoms with van der Waals surface area (Å²) >= 11 is 0. The zero-order chi connectivity index (χ0) is 15.4. The fourth-order valence-corrected chi connectivity index (χ4v) is 2.35. The fraction of sp³-hybridized carbons (Fsp3) is 0.250. The van der Waals surface area contributed by atoms with E-state index in [1.807, 2.05) is 42.1 Å². The van der Waals surface area contributed by atoms with Gasteiger partial charge in [0, 0.05) is 25.6 Å². The van der Waals surface area contributed by atoms with Crippen molar-refractivity contribution in [2.24, 2.45) is 7.05 Å². The van der Waals surface area contributed by atoms with Gasteiger partial charge in [0.05, 0.1) is 23.1 Å². The van der Waals surface area contributed by atoms with Crippen molar-refractivity contribution in [3.05, 3.63) is 54.6 Å². The van der Waals surface area contributed by atoms with Crippen LogP contribution in [-0.2, 0) is 7.05 Å². The van der Waals surface area contributed by atoms with Crippen molar-refractivity contribution in [2.45, 2.75) is 19.4 Å². The topological polar surface area (TPSA) is 68.5 Å². The summed E-state index contributed by atoms with van der Waals surface area (Å²) < 4.78 is 1.86. The standard InChI is InChI=1S/C16H18N6/c1-3-12(15-8-11-19-22(15)2)20-16-18-10-7-14(21-16)13-6-4-5-9-17-13/h4-12H,3H2,1-2H3,(H,18,20,21)/t12-/m0/s1. The van der Waals surface area contributed by atoms with Crippen LogP contribution in [0, 0.1) is 0 Å². The third-order valence-corrected chi connectivity index (χ3v) is 3.51. The molecule has 0 aliphatic rings. The van der Waals surface area contributed by atoms with Gasteiger partial charge in [0.15, 0.2) is 0 Å². The molecule has 0 aliphatic carbocycles. The first-order valence-corrected chi connectivity index (χ1v) is 7.27. The molecule has 0 spiro atoms. The van der Waals surface area contributed by atoms with Crippen LogP contribution in [0.25, 0.3) is 11.4 Å². The number of aryl methyl sites for hydroxylation is 1. The molecule has 0 fully saturated rings. The van der Waals surface area contributed by atoms with Crippen molar-refractivity contribution in [1.29, 1.82) is 0 Å². The average Bonchev–Trinajstić information content (AvgIpc) is 3.00. The highest BCUT2D eigenvalue weighted by molar-refractivity contribution is 5.54. The van der Waals surface area contributed by atoms with Gasteiger partial charge in [-0.3, -0.25) is 9.67 Å². The molecule has 6 heteroatoms. The molecule has 0 saturated carbocycles. The molecule has 3 rings (SSSR count). The maximum atomic E-state index is 4.56. The summed E-state index contributed by atoms with van der Waals surface area (Å²) in [5, 5.41) is 7.59. The second-order valence-corrected chi connectivity index (χ2v) is 4.97. The van der Waals surface area contributed by atoms with Crippen molar-refractivity contribution in [3.8, 4) is 11.4 Å². The lowest BCUT2D eigenvalue weighted by Gasteiger charge is -2.17. The van der Waals surface area contributed by atoms with Crippen LogP contribution in [0.5, 0.6) is 0 Å². The Balaban J connectivity index is 1.85. The van der Waals surface area contributed by atoms with E-state index in [2.05, 4.69) is 32.3 Å². The third-order valence-electron chi connectivity index (χ3n) is 3.51. The minimum absolute atomic E-state index is 0.117. The molecule has 112 valence electrons. The molecule has 0 amide bonds. The zero-order valence-electron chi connectivity index (χ0n) is 12.6. The van der Waals surface area contributed by atoms with Crippen molar-refractivity contribution in [1.82, 2.24) is 24.7 Å². The Morgan fingerprint density at radius 3 is 2.64 bits per heavy atom. The van der Waals surface area contributed by atoms with Gasteiger partial charge >= 0.3 is 0 Å². The van der Waals surface area contributed by atoms with Crippen molar-refractivity contribution in [3.63, 3.8) is 0 Å². The lowest BCUT2D eigenvalue weighted by atomic mass is 10.1. The Hall–Kier alpha value is -2.76. The number of rotatable bonds is 5. The van der Waals surface area contributed by atoms with E-state index in [0.29, 0.717) is 5.95 Å². The third kappa shape index (κ3) is 2.95. The minimum Gasteiger partial charge on any atom is -0.346 e. The number of nitrogens with zero attached hydrogens (tertiary/aromatic N) is 5. The van der Waals surface area contributed by atoms with Gasteiger partial charge < -0.3 is 5.32 Å². The van der Waals surface area contributed by atoms with Crippen LogP contribution < -0.4 is 5.32 Å². The molecule has 1 atom stereocenters. The molecule has 3 aromatic rings. The van der Waals surface area contributed by atoms with Gasteiger partial charge in [0.2, 0.25) is 5.95 Å². The smallest absolute Gasteiger partial charge is 0.223 e. The van der Waals surface area contributed by atoms with Gasteiger partial charge in [-0.1, -0.05) is 13.0 Å². The van der Waals surface area contributed by atoms with E-state index in [1.54, 1.807) is 18.6 Å². The van der Waals surface area contributed by atoms with E-state index in [0.717, 1.165) is 23.5 Å². The Labute approximate surface area is 129 Å². The van der Waals surface area contributed by atoms with Crippen LogP contribution in [0.1, 0.15) is 25.1 Å². The second kappa shape index (κ2) is 6.34. The van der Waals surface area contributed by atoms with Crippen LogP contribution in [-0.4, -0.2) is 24.7 Å². The van der Waals surface area contributed by atoms with Crippen molar-refractivity contribution >= 4 is 5.95 Å². The molecule has 0 saturated heterocycles. The van der Waals surface area contributed by atoms with Gasteiger partial charge in [0.1, 0.15) is 0 Å². The summed E-state index contributed by atoms with van der Waals surface area (Å²) in [5.74, 6) is 0.594. The van der Waals surface area contributed by atoms with E-state index >= 15 is 0 Å². The molecule has 6 nitrogen and oxygen atoms in total. The Kier molecular flexibility index (Phi) is 4.09. The first-order chi connectivity index (χ1) is 10.8. The monoisotopic (exact) mass is 294 g/mol. The highest BCUT2D eigenvalue weighted by Gasteiger charge is 2.14. The number of pyridine rings is 1. The minimum atomic E-state index is 0.117. The summed E-state index contributed by atoms with van der Waals surface area (Å²) in [5.41, 5.74) is 2.74. The number of hydrogen-bond donors (Lipinski definition) is 1. The number of anilines is 1. The van der Waals surface area contributed by atoms with Crippen LogP contribution in [0.15, 0.2) is 48.9 Å². The van der Waals surface area contributed by atoms with Crippen molar-refractivity contribution in [2.75, 3.05) is 5.32 Å². The molecule has 22 heavy (non-hydrogen) atoms. The van der Waals surface area contributed by atoms with E-state index < -0.39 is 0 Å². The Bertz CT molecular complexity index is 737. The number of aromatic nitrogens is 5. The quantitative estimate of drug-likeness (QED) is 0.783. The molecular formula is C16H18N6. The van der Waals surface area contributed by atoms with E-state index in [4.69, 9.17) is 0 Å². The van der Waals surface area contributed by atoms with E-state index in [1.165, 1.54) is 0 Å². The van der Waals surface area contributed by atoms with E-state index in [9.17, 15) is 0 Å². The molecule has 0 unspecified atom stereocenters.